The Morgan fingerprint density at radius 2 is 1.80 bits per heavy atom. The molecule has 134 valence electrons. The molecule has 0 aliphatic heterocycles. The molecule has 1 aliphatic rings. The van der Waals surface area contributed by atoms with Crippen LogP contribution in [0.5, 0.6) is 0 Å². The van der Waals surface area contributed by atoms with Crippen LogP contribution in [0.1, 0.15) is 43.7 Å². The minimum absolute atomic E-state index is 0.0525. The van der Waals surface area contributed by atoms with Crippen LogP contribution in [-0.2, 0) is 19.1 Å². The molecule has 1 fully saturated rings. The van der Waals surface area contributed by atoms with Gasteiger partial charge in [-0.25, -0.2) is 9.59 Å². The molecule has 1 saturated carbocycles. The maximum Gasteiger partial charge on any atom is 0.333 e. The summed E-state index contributed by atoms with van der Waals surface area (Å²) in [5.74, 6) is -0.311. The van der Waals surface area contributed by atoms with Crippen LogP contribution in [0.15, 0.2) is 42.5 Å². The summed E-state index contributed by atoms with van der Waals surface area (Å²) in [4.78, 5) is 23.3. The Morgan fingerprint density at radius 1 is 1.16 bits per heavy atom. The monoisotopic (exact) mass is 342 g/mol. The van der Waals surface area contributed by atoms with Crippen molar-refractivity contribution < 1.29 is 19.1 Å². The van der Waals surface area contributed by atoms with Gasteiger partial charge in [-0.05, 0) is 57.1 Å². The van der Waals surface area contributed by atoms with E-state index in [1.54, 1.807) is 13.0 Å². The van der Waals surface area contributed by atoms with Gasteiger partial charge in [0.15, 0.2) is 0 Å². The number of ether oxygens (including phenoxy) is 2. The predicted molar refractivity (Wildman–Crippen MR) is 97.8 cm³/mol. The predicted octanol–water partition coefficient (Wildman–Crippen LogP) is 4.23. The summed E-state index contributed by atoms with van der Waals surface area (Å²) in [7, 11) is 0. The van der Waals surface area contributed by atoms with Crippen molar-refractivity contribution in [2.24, 2.45) is 5.92 Å². The zero-order valence-corrected chi connectivity index (χ0v) is 15.0. The highest BCUT2D eigenvalue weighted by atomic mass is 16.5. The Hall–Kier alpha value is -2.36. The fourth-order valence-electron chi connectivity index (χ4n) is 2.78. The highest BCUT2D eigenvalue weighted by molar-refractivity contribution is 5.87. The van der Waals surface area contributed by atoms with Crippen LogP contribution in [0.25, 0.3) is 6.08 Å². The first-order chi connectivity index (χ1) is 11.9. The number of carbonyl (C=O) groups excluding carboxylic acids is 2. The Balaban J connectivity index is 1.70. The molecule has 0 atom stereocenters. The van der Waals surface area contributed by atoms with Crippen LogP contribution in [0.2, 0.25) is 0 Å². The van der Waals surface area contributed by atoms with Crippen molar-refractivity contribution in [1.29, 1.82) is 0 Å². The SMILES string of the molecule is C=C(C)C(=O)OCC1CCC(OC(=O)/C=C/c2ccc(C)cc2)CC1. The summed E-state index contributed by atoms with van der Waals surface area (Å²) in [5.41, 5.74) is 2.58. The van der Waals surface area contributed by atoms with E-state index in [0.29, 0.717) is 18.1 Å². The van der Waals surface area contributed by atoms with Crippen LogP contribution >= 0.6 is 0 Å². The van der Waals surface area contributed by atoms with E-state index >= 15 is 0 Å². The van der Waals surface area contributed by atoms with Crippen molar-refractivity contribution in [3.05, 3.63) is 53.6 Å². The van der Waals surface area contributed by atoms with Gasteiger partial charge in [-0.1, -0.05) is 36.4 Å². The van der Waals surface area contributed by atoms with Gasteiger partial charge in [0.25, 0.3) is 0 Å². The van der Waals surface area contributed by atoms with E-state index in [2.05, 4.69) is 6.58 Å². The number of rotatable bonds is 6. The van der Waals surface area contributed by atoms with E-state index < -0.39 is 0 Å². The Bertz CT molecular complexity index is 634. The Kier molecular flexibility index (Phi) is 6.99. The molecule has 25 heavy (non-hydrogen) atoms. The normalized spacial score (nSPS) is 20.2. The lowest BCUT2D eigenvalue weighted by molar-refractivity contribution is -0.145. The van der Waals surface area contributed by atoms with Crippen molar-refractivity contribution in [2.75, 3.05) is 6.61 Å². The summed E-state index contributed by atoms with van der Waals surface area (Å²) < 4.78 is 10.7. The molecule has 4 heteroatoms. The summed E-state index contributed by atoms with van der Waals surface area (Å²) >= 11 is 0. The van der Waals surface area contributed by atoms with Crippen molar-refractivity contribution in [3.8, 4) is 0 Å². The molecule has 0 amide bonds. The minimum atomic E-state index is -0.338. The lowest BCUT2D eigenvalue weighted by atomic mass is 9.88. The van der Waals surface area contributed by atoms with Crippen molar-refractivity contribution in [3.63, 3.8) is 0 Å². The Morgan fingerprint density at radius 3 is 2.40 bits per heavy atom. The van der Waals surface area contributed by atoms with Gasteiger partial charge in [0.2, 0.25) is 0 Å². The lowest BCUT2D eigenvalue weighted by Crippen LogP contribution is -2.26. The lowest BCUT2D eigenvalue weighted by Gasteiger charge is -2.27. The van der Waals surface area contributed by atoms with E-state index in [1.807, 2.05) is 31.2 Å². The van der Waals surface area contributed by atoms with Gasteiger partial charge in [0.1, 0.15) is 6.10 Å². The van der Waals surface area contributed by atoms with Crippen LogP contribution < -0.4 is 0 Å². The largest absolute Gasteiger partial charge is 0.462 e. The highest BCUT2D eigenvalue weighted by Crippen LogP contribution is 2.26. The molecule has 4 nitrogen and oxygen atoms in total. The van der Waals surface area contributed by atoms with Crippen LogP contribution in [0.4, 0.5) is 0 Å². The van der Waals surface area contributed by atoms with Gasteiger partial charge < -0.3 is 9.47 Å². The van der Waals surface area contributed by atoms with E-state index in [1.165, 1.54) is 11.6 Å². The molecule has 1 aromatic rings. The average Bonchev–Trinajstić information content (AvgIpc) is 2.60. The van der Waals surface area contributed by atoms with Crippen LogP contribution in [-0.4, -0.2) is 24.6 Å². The first-order valence-electron chi connectivity index (χ1n) is 8.72. The van der Waals surface area contributed by atoms with Crippen molar-refractivity contribution in [1.82, 2.24) is 0 Å². The van der Waals surface area contributed by atoms with Crippen molar-refractivity contribution >= 4 is 18.0 Å². The number of hydrogen-bond donors (Lipinski definition) is 0. The molecule has 0 saturated heterocycles. The van der Waals surface area contributed by atoms with Gasteiger partial charge in [0.05, 0.1) is 6.61 Å². The molecular weight excluding hydrogens is 316 g/mol. The van der Waals surface area contributed by atoms with E-state index in [0.717, 1.165) is 31.2 Å². The molecule has 1 aliphatic carbocycles. The fourth-order valence-corrected chi connectivity index (χ4v) is 2.78. The number of esters is 2. The summed E-state index contributed by atoms with van der Waals surface area (Å²) in [6, 6.07) is 7.95. The van der Waals surface area contributed by atoms with E-state index in [4.69, 9.17) is 9.47 Å². The summed E-state index contributed by atoms with van der Waals surface area (Å²) in [6.45, 7) is 7.65. The zero-order chi connectivity index (χ0) is 18.2. The molecule has 0 aromatic heterocycles. The molecule has 0 bridgehead atoms. The number of hydrogen-bond acceptors (Lipinski definition) is 4. The number of carbonyl (C=O) groups is 2. The zero-order valence-electron chi connectivity index (χ0n) is 15.0. The standard InChI is InChI=1S/C21H26O4/c1-15(2)21(23)24-14-18-8-11-19(12-9-18)25-20(22)13-10-17-6-4-16(3)5-7-17/h4-7,10,13,18-19H,1,8-9,11-12,14H2,2-3H3/b13-10+. The topological polar surface area (TPSA) is 52.6 Å². The van der Waals surface area contributed by atoms with Gasteiger partial charge >= 0.3 is 11.9 Å². The average molecular weight is 342 g/mol. The van der Waals surface area contributed by atoms with Crippen LogP contribution in [0, 0.1) is 12.8 Å². The second-order valence-electron chi connectivity index (χ2n) is 6.70. The second kappa shape index (κ2) is 9.21. The molecule has 0 N–H and O–H groups in total. The summed E-state index contributed by atoms with van der Waals surface area (Å²) in [5, 5.41) is 0. The second-order valence-corrected chi connectivity index (χ2v) is 6.70. The van der Waals surface area contributed by atoms with Crippen LogP contribution in [0.3, 0.4) is 0 Å². The molecule has 0 spiro atoms. The fraction of sp³-hybridized carbons (Fsp3) is 0.429. The maximum absolute atomic E-state index is 11.9. The molecule has 0 heterocycles. The molecule has 0 unspecified atom stereocenters. The van der Waals surface area contributed by atoms with E-state index in [9.17, 15) is 9.59 Å². The molecular formula is C21H26O4. The first-order valence-corrected chi connectivity index (χ1v) is 8.72. The van der Waals surface area contributed by atoms with Gasteiger partial charge in [-0.3, -0.25) is 0 Å². The minimum Gasteiger partial charge on any atom is -0.462 e. The Labute approximate surface area is 149 Å². The number of aryl methyl sites for hydroxylation is 1. The number of benzene rings is 1. The van der Waals surface area contributed by atoms with Crippen molar-refractivity contribution in [2.45, 2.75) is 45.6 Å². The molecule has 2 rings (SSSR count). The van der Waals surface area contributed by atoms with Gasteiger partial charge in [-0.2, -0.15) is 0 Å². The van der Waals surface area contributed by atoms with Gasteiger partial charge in [0, 0.05) is 11.6 Å². The third-order valence-corrected chi connectivity index (χ3v) is 4.36. The quantitative estimate of drug-likeness (QED) is 0.573. The summed E-state index contributed by atoms with van der Waals surface area (Å²) in [6.07, 6.45) is 6.59. The smallest absolute Gasteiger partial charge is 0.333 e. The third kappa shape index (κ3) is 6.57. The molecule has 1 aromatic carbocycles. The highest BCUT2D eigenvalue weighted by Gasteiger charge is 2.24. The maximum atomic E-state index is 11.9. The van der Waals surface area contributed by atoms with E-state index in [-0.39, 0.29) is 18.0 Å². The first kappa shape index (κ1) is 19.0. The molecule has 0 radical (unpaired) electrons. The van der Waals surface area contributed by atoms with Gasteiger partial charge in [-0.15, -0.1) is 0 Å². The third-order valence-electron chi connectivity index (χ3n) is 4.36.